The highest BCUT2D eigenvalue weighted by atomic mass is 79.9. The van der Waals surface area contributed by atoms with Crippen LogP contribution in [0.3, 0.4) is 0 Å². The van der Waals surface area contributed by atoms with Crippen molar-refractivity contribution in [1.82, 2.24) is 5.32 Å². The first-order chi connectivity index (χ1) is 9.61. The molecule has 2 aromatic rings. The highest BCUT2D eigenvalue weighted by Crippen LogP contribution is 2.17. The summed E-state index contributed by atoms with van der Waals surface area (Å²) < 4.78 is 13.7. The molecular formula is C16H15BrFNO. The first-order valence-corrected chi connectivity index (χ1v) is 7.42. The van der Waals surface area contributed by atoms with Gasteiger partial charge in [-0.15, -0.1) is 0 Å². The lowest BCUT2D eigenvalue weighted by atomic mass is 10.1. The van der Waals surface area contributed by atoms with E-state index in [0.29, 0.717) is 5.33 Å². The van der Waals surface area contributed by atoms with Gasteiger partial charge in [0.15, 0.2) is 0 Å². The fourth-order valence-electron chi connectivity index (χ4n) is 1.95. The number of hydrogen-bond acceptors (Lipinski definition) is 1. The van der Waals surface area contributed by atoms with Crippen LogP contribution in [0, 0.1) is 12.7 Å². The molecule has 2 rings (SSSR count). The second-order valence-electron chi connectivity index (χ2n) is 4.57. The molecule has 0 fully saturated rings. The highest BCUT2D eigenvalue weighted by Gasteiger charge is 2.17. The summed E-state index contributed by atoms with van der Waals surface area (Å²) in [5.74, 6) is -0.908. The van der Waals surface area contributed by atoms with Crippen molar-refractivity contribution in [1.29, 1.82) is 0 Å². The van der Waals surface area contributed by atoms with Gasteiger partial charge in [-0.1, -0.05) is 57.9 Å². The molecule has 4 heteroatoms. The van der Waals surface area contributed by atoms with Gasteiger partial charge in [0, 0.05) is 5.33 Å². The molecule has 0 aliphatic carbocycles. The van der Waals surface area contributed by atoms with Gasteiger partial charge in [0.2, 0.25) is 0 Å². The third kappa shape index (κ3) is 3.45. The minimum atomic E-state index is -0.505. The third-order valence-corrected chi connectivity index (χ3v) is 3.68. The summed E-state index contributed by atoms with van der Waals surface area (Å²) in [5.41, 5.74) is 1.91. The zero-order valence-electron chi connectivity index (χ0n) is 11.1. The van der Waals surface area contributed by atoms with E-state index in [4.69, 9.17) is 0 Å². The van der Waals surface area contributed by atoms with E-state index in [1.165, 1.54) is 6.07 Å². The molecule has 0 spiro atoms. The Morgan fingerprint density at radius 1 is 1.25 bits per heavy atom. The van der Waals surface area contributed by atoms with Crippen molar-refractivity contribution in [2.45, 2.75) is 13.0 Å². The van der Waals surface area contributed by atoms with Gasteiger partial charge < -0.3 is 5.32 Å². The number of carbonyl (C=O) groups is 1. The Bertz CT molecular complexity index is 601. The van der Waals surface area contributed by atoms with E-state index < -0.39 is 11.7 Å². The molecule has 1 N–H and O–H groups in total. The van der Waals surface area contributed by atoms with Crippen molar-refractivity contribution < 1.29 is 9.18 Å². The minimum Gasteiger partial charge on any atom is -0.344 e. The summed E-state index contributed by atoms with van der Waals surface area (Å²) in [6.45, 7) is 1.83. The van der Waals surface area contributed by atoms with Crippen molar-refractivity contribution >= 4 is 21.8 Å². The summed E-state index contributed by atoms with van der Waals surface area (Å²) in [7, 11) is 0. The van der Waals surface area contributed by atoms with E-state index in [9.17, 15) is 9.18 Å². The predicted octanol–water partition coefficient (Wildman–Crippen LogP) is 4.00. The summed E-state index contributed by atoms with van der Waals surface area (Å²) in [4.78, 5) is 12.2. The topological polar surface area (TPSA) is 29.1 Å². The van der Waals surface area contributed by atoms with Crippen molar-refractivity contribution in [2.24, 2.45) is 0 Å². The van der Waals surface area contributed by atoms with Crippen LogP contribution < -0.4 is 5.32 Å². The number of hydrogen-bond donors (Lipinski definition) is 1. The normalized spacial score (nSPS) is 11.9. The Balaban J connectivity index is 2.20. The van der Waals surface area contributed by atoms with Crippen LogP contribution in [0.4, 0.5) is 4.39 Å². The van der Waals surface area contributed by atoms with Gasteiger partial charge in [0.05, 0.1) is 11.6 Å². The number of amides is 1. The molecule has 0 aliphatic rings. The largest absolute Gasteiger partial charge is 0.344 e. The van der Waals surface area contributed by atoms with Gasteiger partial charge in [-0.3, -0.25) is 4.79 Å². The van der Waals surface area contributed by atoms with Crippen LogP contribution in [-0.2, 0) is 0 Å². The van der Waals surface area contributed by atoms with Crippen molar-refractivity contribution in [3.05, 3.63) is 71.0 Å². The van der Waals surface area contributed by atoms with E-state index >= 15 is 0 Å². The van der Waals surface area contributed by atoms with Gasteiger partial charge in [-0.25, -0.2) is 4.39 Å². The van der Waals surface area contributed by atoms with Crippen molar-refractivity contribution in [3.63, 3.8) is 0 Å². The third-order valence-electron chi connectivity index (χ3n) is 3.03. The van der Waals surface area contributed by atoms with E-state index in [1.807, 2.05) is 37.3 Å². The lowest BCUT2D eigenvalue weighted by Gasteiger charge is -2.17. The first kappa shape index (κ1) is 14.7. The molecule has 104 valence electrons. The molecule has 0 saturated carbocycles. The molecule has 0 heterocycles. The molecule has 1 amide bonds. The molecule has 1 unspecified atom stereocenters. The summed E-state index contributed by atoms with van der Waals surface area (Å²) >= 11 is 3.38. The standard InChI is InChI=1S/C16H15BrFNO/c1-11-7-8-14(18)13(9-11)16(20)19-15(10-17)12-5-3-2-4-6-12/h2-9,15H,10H2,1H3,(H,19,20). The smallest absolute Gasteiger partial charge is 0.254 e. The maximum atomic E-state index is 13.7. The number of benzene rings is 2. The fourth-order valence-corrected chi connectivity index (χ4v) is 2.48. The van der Waals surface area contributed by atoms with Gasteiger partial charge in [0.1, 0.15) is 5.82 Å². The van der Waals surface area contributed by atoms with Crippen LogP contribution in [0.2, 0.25) is 0 Å². The number of alkyl halides is 1. The van der Waals surface area contributed by atoms with Crippen LogP contribution in [0.25, 0.3) is 0 Å². The van der Waals surface area contributed by atoms with Crippen LogP contribution in [0.1, 0.15) is 27.5 Å². The predicted molar refractivity (Wildman–Crippen MR) is 81.6 cm³/mol. The van der Waals surface area contributed by atoms with E-state index in [0.717, 1.165) is 11.1 Å². The number of aryl methyl sites for hydroxylation is 1. The van der Waals surface area contributed by atoms with Gasteiger partial charge in [-0.2, -0.15) is 0 Å². The van der Waals surface area contributed by atoms with E-state index in [2.05, 4.69) is 21.2 Å². The lowest BCUT2D eigenvalue weighted by molar-refractivity contribution is 0.0936. The quantitative estimate of drug-likeness (QED) is 0.840. The number of rotatable bonds is 4. The van der Waals surface area contributed by atoms with Crippen molar-refractivity contribution in [2.75, 3.05) is 5.33 Å². The number of carbonyl (C=O) groups excluding carboxylic acids is 1. The second kappa shape index (κ2) is 6.66. The molecular weight excluding hydrogens is 321 g/mol. The number of halogens is 2. The SMILES string of the molecule is Cc1ccc(F)c(C(=O)NC(CBr)c2ccccc2)c1. The summed E-state index contributed by atoms with van der Waals surface area (Å²) in [5, 5.41) is 3.41. The van der Waals surface area contributed by atoms with Crippen LogP contribution in [-0.4, -0.2) is 11.2 Å². The van der Waals surface area contributed by atoms with Crippen LogP contribution in [0.15, 0.2) is 48.5 Å². The Labute approximate surface area is 126 Å². The molecule has 0 radical (unpaired) electrons. The molecule has 0 saturated heterocycles. The van der Waals surface area contributed by atoms with Crippen LogP contribution >= 0.6 is 15.9 Å². The molecule has 0 bridgehead atoms. The van der Waals surface area contributed by atoms with Crippen LogP contribution in [0.5, 0.6) is 0 Å². The van der Waals surface area contributed by atoms with E-state index in [1.54, 1.807) is 12.1 Å². The Morgan fingerprint density at radius 2 is 1.95 bits per heavy atom. The second-order valence-corrected chi connectivity index (χ2v) is 5.22. The maximum absolute atomic E-state index is 13.7. The molecule has 0 aromatic heterocycles. The van der Waals surface area contributed by atoms with Crippen molar-refractivity contribution in [3.8, 4) is 0 Å². The average Bonchev–Trinajstić information content (AvgIpc) is 2.48. The first-order valence-electron chi connectivity index (χ1n) is 6.29. The molecule has 2 aromatic carbocycles. The van der Waals surface area contributed by atoms with Gasteiger partial charge in [-0.05, 0) is 24.6 Å². The molecule has 1 atom stereocenters. The van der Waals surface area contributed by atoms with E-state index in [-0.39, 0.29) is 11.6 Å². The number of nitrogens with one attached hydrogen (secondary N) is 1. The highest BCUT2D eigenvalue weighted by molar-refractivity contribution is 9.09. The zero-order chi connectivity index (χ0) is 14.5. The molecule has 2 nitrogen and oxygen atoms in total. The minimum absolute atomic E-state index is 0.0758. The zero-order valence-corrected chi connectivity index (χ0v) is 12.7. The maximum Gasteiger partial charge on any atom is 0.254 e. The molecule has 0 aliphatic heterocycles. The van der Waals surface area contributed by atoms with Gasteiger partial charge in [0.25, 0.3) is 5.91 Å². The Morgan fingerprint density at radius 3 is 2.60 bits per heavy atom. The summed E-state index contributed by atoms with van der Waals surface area (Å²) in [6, 6.07) is 13.9. The Hall–Kier alpha value is -1.68. The van der Waals surface area contributed by atoms with Gasteiger partial charge >= 0.3 is 0 Å². The monoisotopic (exact) mass is 335 g/mol. The average molecular weight is 336 g/mol. The fraction of sp³-hybridized carbons (Fsp3) is 0.188. The Kier molecular flexibility index (Phi) is 4.90. The lowest BCUT2D eigenvalue weighted by Crippen LogP contribution is -2.30. The molecule has 20 heavy (non-hydrogen) atoms. The summed E-state index contributed by atoms with van der Waals surface area (Å²) in [6.07, 6.45) is 0.